The Balaban J connectivity index is 2.24. The maximum absolute atomic E-state index is 10.5. The Bertz CT molecular complexity index is 264. The molecule has 13 heavy (non-hydrogen) atoms. The highest BCUT2D eigenvalue weighted by molar-refractivity contribution is 6.04. The fourth-order valence-electron chi connectivity index (χ4n) is 0.995. The van der Waals surface area contributed by atoms with Gasteiger partial charge in [0, 0.05) is 6.54 Å². The van der Waals surface area contributed by atoms with E-state index in [0.29, 0.717) is 6.54 Å². The van der Waals surface area contributed by atoms with Crippen molar-refractivity contribution in [3.05, 3.63) is 35.9 Å². The van der Waals surface area contributed by atoms with Gasteiger partial charge < -0.3 is 9.97 Å². The van der Waals surface area contributed by atoms with Gasteiger partial charge in [0.25, 0.3) is 0 Å². The number of nitrogens with one attached hydrogen (secondary N) is 1. The molecule has 0 atom stereocenters. The third-order valence-corrected chi connectivity index (χ3v) is 1.63. The van der Waals surface area contributed by atoms with Gasteiger partial charge in [0.05, 0.1) is 0 Å². The first-order valence-corrected chi connectivity index (χ1v) is 4.01. The van der Waals surface area contributed by atoms with E-state index in [9.17, 15) is 4.79 Å². The van der Waals surface area contributed by atoms with Gasteiger partial charge in [-0.15, -0.1) is 0 Å². The molecule has 1 aromatic rings. The third kappa shape index (κ3) is 3.65. The zero-order valence-electron chi connectivity index (χ0n) is 7.19. The molecule has 66 valence electrons. The smallest absolute Gasteiger partial charge is 0.388 e. The van der Waals surface area contributed by atoms with Gasteiger partial charge in [0.2, 0.25) is 0 Å². The molecule has 0 saturated heterocycles. The van der Waals surface area contributed by atoms with Crippen LogP contribution in [0.15, 0.2) is 30.3 Å². The van der Waals surface area contributed by atoms with E-state index in [-0.39, 0.29) is 0 Å². The Morgan fingerprint density at radius 3 is 2.69 bits per heavy atom. The van der Waals surface area contributed by atoms with Crippen LogP contribution in [0.2, 0.25) is 0 Å². The van der Waals surface area contributed by atoms with Gasteiger partial charge >= 0.3 is 14.1 Å². The van der Waals surface area contributed by atoms with Gasteiger partial charge in [-0.3, -0.25) is 0 Å². The van der Waals surface area contributed by atoms with E-state index in [0.717, 1.165) is 6.42 Å². The maximum atomic E-state index is 10.5. The standard InChI is InChI=1S/C9H10BNO2/c10-13-9(12)11-7-6-8-4-2-1-3-5-8/h1-5H,6-7H2,(H,11,12). The van der Waals surface area contributed by atoms with Crippen LogP contribution in [0.3, 0.4) is 0 Å². The number of hydrogen-bond acceptors (Lipinski definition) is 2. The SMILES string of the molecule is [B]OC(=O)NCCc1ccccc1. The van der Waals surface area contributed by atoms with Crippen LogP contribution in [0.1, 0.15) is 5.56 Å². The highest BCUT2D eigenvalue weighted by atomic mass is 16.5. The van der Waals surface area contributed by atoms with Crippen LogP contribution in [-0.4, -0.2) is 20.7 Å². The molecular formula is C9H10BNO2. The summed E-state index contributed by atoms with van der Waals surface area (Å²) in [5.41, 5.74) is 1.17. The highest BCUT2D eigenvalue weighted by Gasteiger charge is 1.96. The predicted octanol–water partition coefficient (Wildman–Crippen LogP) is 1.04. The van der Waals surface area contributed by atoms with Crippen molar-refractivity contribution in [1.29, 1.82) is 0 Å². The minimum absolute atomic E-state index is 0.528. The summed E-state index contributed by atoms with van der Waals surface area (Å²) in [6, 6.07) is 9.85. The summed E-state index contributed by atoms with van der Waals surface area (Å²) in [5, 5.41) is 2.49. The quantitative estimate of drug-likeness (QED) is 0.697. The van der Waals surface area contributed by atoms with E-state index in [4.69, 9.17) is 0 Å². The number of rotatable bonds is 3. The van der Waals surface area contributed by atoms with Crippen LogP contribution in [0, 0.1) is 0 Å². The third-order valence-electron chi connectivity index (χ3n) is 1.63. The number of benzene rings is 1. The van der Waals surface area contributed by atoms with Crippen LogP contribution < -0.4 is 5.32 Å². The first kappa shape index (κ1) is 9.64. The molecule has 4 heteroatoms. The van der Waals surface area contributed by atoms with Crippen molar-refractivity contribution in [1.82, 2.24) is 5.32 Å². The van der Waals surface area contributed by atoms with E-state index >= 15 is 0 Å². The van der Waals surface area contributed by atoms with Gasteiger partial charge in [0.1, 0.15) is 0 Å². The van der Waals surface area contributed by atoms with Gasteiger partial charge in [-0.1, -0.05) is 30.3 Å². The van der Waals surface area contributed by atoms with Crippen LogP contribution in [0.5, 0.6) is 0 Å². The second-order valence-corrected chi connectivity index (χ2v) is 2.57. The summed E-state index contributed by atoms with van der Waals surface area (Å²) in [6.07, 6.45) is 0.173. The summed E-state index contributed by atoms with van der Waals surface area (Å²) in [6.45, 7) is 0.528. The zero-order valence-corrected chi connectivity index (χ0v) is 7.19. The fourth-order valence-corrected chi connectivity index (χ4v) is 0.995. The average molecular weight is 175 g/mol. The number of carbonyl (C=O) groups is 1. The first-order chi connectivity index (χ1) is 6.33. The van der Waals surface area contributed by atoms with Gasteiger partial charge in [0.15, 0.2) is 0 Å². The van der Waals surface area contributed by atoms with Crippen LogP contribution >= 0.6 is 0 Å². The van der Waals surface area contributed by atoms with E-state index < -0.39 is 6.09 Å². The van der Waals surface area contributed by atoms with Crippen LogP contribution in [0.25, 0.3) is 0 Å². The molecular weight excluding hydrogens is 165 g/mol. The summed E-state index contributed by atoms with van der Waals surface area (Å²) in [4.78, 5) is 10.5. The summed E-state index contributed by atoms with van der Waals surface area (Å²) in [7, 11) is 4.64. The number of hydrogen-bond donors (Lipinski definition) is 1. The molecule has 0 aliphatic rings. The van der Waals surface area contributed by atoms with Crippen molar-refractivity contribution in [3.63, 3.8) is 0 Å². The number of amides is 1. The van der Waals surface area contributed by atoms with Crippen LogP contribution in [0.4, 0.5) is 4.79 Å². The Kier molecular flexibility index (Phi) is 3.89. The minimum Gasteiger partial charge on any atom is -0.528 e. The second kappa shape index (κ2) is 5.24. The topological polar surface area (TPSA) is 38.3 Å². The molecule has 0 aromatic heterocycles. The largest absolute Gasteiger partial charge is 0.528 e. The zero-order chi connectivity index (χ0) is 9.52. The molecule has 0 unspecified atom stereocenters. The molecule has 3 nitrogen and oxygen atoms in total. The van der Waals surface area contributed by atoms with Crippen molar-refractivity contribution in [2.45, 2.75) is 6.42 Å². The molecule has 0 aliphatic heterocycles. The van der Waals surface area contributed by atoms with Crippen molar-refractivity contribution < 1.29 is 9.45 Å². The molecule has 1 amide bonds. The summed E-state index contributed by atoms with van der Waals surface area (Å²) < 4.78 is 3.94. The monoisotopic (exact) mass is 175 g/mol. The summed E-state index contributed by atoms with van der Waals surface area (Å²) in [5.74, 6) is 0. The molecule has 0 bridgehead atoms. The van der Waals surface area contributed by atoms with E-state index in [1.54, 1.807) is 0 Å². The van der Waals surface area contributed by atoms with Gasteiger partial charge in [-0.25, -0.2) is 4.79 Å². The predicted molar refractivity (Wildman–Crippen MR) is 50.4 cm³/mol. The summed E-state index contributed by atoms with van der Waals surface area (Å²) >= 11 is 0. The van der Waals surface area contributed by atoms with E-state index in [2.05, 4.69) is 18.0 Å². The van der Waals surface area contributed by atoms with Crippen LogP contribution in [-0.2, 0) is 11.1 Å². The molecule has 1 rings (SSSR count). The maximum Gasteiger partial charge on any atom is 0.388 e. The molecule has 0 aliphatic carbocycles. The molecule has 0 heterocycles. The molecule has 0 fully saturated rings. The van der Waals surface area contributed by atoms with Crippen molar-refractivity contribution in [3.8, 4) is 0 Å². The van der Waals surface area contributed by atoms with E-state index in [1.165, 1.54) is 5.56 Å². The van der Waals surface area contributed by atoms with Gasteiger partial charge in [-0.2, -0.15) is 0 Å². The Hall–Kier alpha value is -1.45. The molecule has 1 N–H and O–H groups in total. The van der Waals surface area contributed by atoms with Crippen molar-refractivity contribution >= 4 is 14.1 Å². The lowest BCUT2D eigenvalue weighted by Gasteiger charge is -2.03. The fraction of sp³-hybridized carbons (Fsp3) is 0.222. The van der Waals surface area contributed by atoms with E-state index in [1.807, 2.05) is 30.3 Å². The number of carbonyl (C=O) groups excluding carboxylic acids is 1. The lowest BCUT2D eigenvalue weighted by atomic mass is 10.1. The lowest BCUT2D eigenvalue weighted by molar-refractivity contribution is 0.205. The Labute approximate surface area is 78.5 Å². The molecule has 0 saturated carbocycles. The van der Waals surface area contributed by atoms with Gasteiger partial charge in [-0.05, 0) is 12.0 Å². The average Bonchev–Trinajstić information content (AvgIpc) is 2.19. The Morgan fingerprint density at radius 2 is 2.08 bits per heavy atom. The molecule has 2 radical (unpaired) electrons. The van der Waals surface area contributed by atoms with Crippen molar-refractivity contribution in [2.24, 2.45) is 0 Å². The van der Waals surface area contributed by atoms with Crippen molar-refractivity contribution in [2.75, 3.05) is 6.54 Å². The first-order valence-electron chi connectivity index (χ1n) is 4.01. The highest BCUT2D eigenvalue weighted by Crippen LogP contribution is 1.97. The Morgan fingerprint density at radius 1 is 1.38 bits per heavy atom. The normalized spacial score (nSPS) is 9.23. The second-order valence-electron chi connectivity index (χ2n) is 2.57. The lowest BCUT2D eigenvalue weighted by Crippen LogP contribution is -2.25. The minimum atomic E-state index is -0.601. The molecule has 0 spiro atoms. The molecule has 1 aromatic carbocycles.